The lowest BCUT2D eigenvalue weighted by molar-refractivity contribution is -0.121. The van der Waals surface area contributed by atoms with Gasteiger partial charge in [-0.05, 0) is 31.1 Å². The van der Waals surface area contributed by atoms with Crippen LogP contribution >= 0.6 is 0 Å². The minimum absolute atomic E-state index is 0.127. The highest BCUT2D eigenvalue weighted by atomic mass is 16.5. The molecule has 1 aliphatic rings. The first-order valence-corrected chi connectivity index (χ1v) is 5.96. The second kappa shape index (κ2) is 7.41. The standard InChI is InChI=1S/C12H22N2O2/c1-10-5-2-3-6-11(10)9-16-8-4-7-12(15)14-13/h2-3,10-11H,4-9,13H2,1H3,(H,14,15). The third-order valence-corrected chi connectivity index (χ3v) is 3.10. The quantitative estimate of drug-likeness (QED) is 0.236. The van der Waals surface area contributed by atoms with Crippen LogP contribution in [-0.4, -0.2) is 19.1 Å². The predicted octanol–water partition coefficient (Wildman–Crippen LogP) is 1.38. The molecule has 4 heteroatoms. The normalized spacial score (nSPS) is 24.4. The van der Waals surface area contributed by atoms with Crippen LogP contribution in [0.5, 0.6) is 0 Å². The molecule has 1 rings (SSSR count). The van der Waals surface area contributed by atoms with Crippen molar-refractivity contribution in [3.8, 4) is 0 Å². The van der Waals surface area contributed by atoms with Crippen molar-refractivity contribution in [3.63, 3.8) is 0 Å². The number of carbonyl (C=O) groups is 1. The Morgan fingerprint density at radius 2 is 2.25 bits per heavy atom. The molecule has 0 saturated heterocycles. The Kier molecular flexibility index (Phi) is 6.11. The number of allylic oxidation sites excluding steroid dienone is 2. The summed E-state index contributed by atoms with van der Waals surface area (Å²) >= 11 is 0. The van der Waals surface area contributed by atoms with E-state index in [0.717, 1.165) is 25.9 Å². The molecule has 0 aromatic rings. The molecule has 0 spiro atoms. The van der Waals surface area contributed by atoms with Gasteiger partial charge in [0.1, 0.15) is 0 Å². The molecule has 3 N–H and O–H groups in total. The predicted molar refractivity (Wildman–Crippen MR) is 63.4 cm³/mol. The Labute approximate surface area is 97.2 Å². The summed E-state index contributed by atoms with van der Waals surface area (Å²) in [5, 5.41) is 0. The minimum Gasteiger partial charge on any atom is -0.381 e. The summed E-state index contributed by atoms with van der Waals surface area (Å²) < 4.78 is 5.58. The van der Waals surface area contributed by atoms with Gasteiger partial charge in [-0.3, -0.25) is 10.2 Å². The molecule has 0 aliphatic heterocycles. The number of hydrazine groups is 1. The molecule has 0 radical (unpaired) electrons. The molecule has 0 saturated carbocycles. The van der Waals surface area contributed by atoms with Crippen LogP contribution in [0.4, 0.5) is 0 Å². The molecule has 0 bridgehead atoms. The molecule has 2 unspecified atom stereocenters. The fourth-order valence-corrected chi connectivity index (χ4v) is 1.88. The summed E-state index contributed by atoms with van der Waals surface area (Å²) in [5.74, 6) is 6.19. The zero-order valence-electron chi connectivity index (χ0n) is 9.95. The smallest absolute Gasteiger partial charge is 0.233 e. The van der Waals surface area contributed by atoms with Gasteiger partial charge in [-0.1, -0.05) is 19.1 Å². The molecule has 0 aromatic carbocycles. The maximum Gasteiger partial charge on any atom is 0.233 e. The zero-order valence-corrected chi connectivity index (χ0v) is 9.95. The van der Waals surface area contributed by atoms with Crippen molar-refractivity contribution >= 4 is 5.91 Å². The lowest BCUT2D eigenvalue weighted by Crippen LogP contribution is -2.30. The van der Waals surface area contributed by atoms with E-state index >= 15 is 0 Å². The zero-order chi connectivity index (χ0) is 11.8. The first kappa shape index (κ1) is 13.2. The van der Waals surface area contributed by atoms with Crippen LogP contribution < -0.4 is 11.3 Å². The fourth-order valence-electron chi connectivity index (χ4n) is 1.88. The molecule has 1 aliphatic carbocycles. The van der Waals surface area contributed by atoms with Crippen molar-refractivity contribution in [1.82, 2.24) is 5.43 Å². The summed E-state index contributed by atoms with van der Waals surface area (Å²) in [5.41, 5.74) is 2.11. The second-order valence-electron chi connectivity index (χ2n) is 4.43. The highest BCUT2D eigenvalue weighted by Crippen LogP contribution is 2.24. The van der Waals surface area contributed by atoms with Crippen LogP contribution in [0.1, 0.15) is 32.6 Å². The molecule has 1 amide bonds. The third kappa shape index (κ3) is 4.77. The van der Waals surface area contributed by atoms with Gasteiger partial charge in [0, 0.05) is 19.6 Å². The van der Waals surface area contributed by atoms with E-state index in [1.165, 1.54) is 0 Å². The van der Waals surface area contributed by atoms with Crippen LogP contribution in [0.25, 0.3) is 0 Å². The molecule has 92 valence electrons. The number of hydrogen-bond acceptors (Lipinski definition) is 3. The van der Waals surface area contributed by atoms with E-state index in [4.69, 9.17) is 10.6 Å². The number of nitrogens with two attached hydrogens (primary N) is 1. The van der Waals surface area contributed by atoms with Gasteiger partial charge < -0.3 is 4.74 Å². The van der Waals surface area contributed by atoms with Gasteiger partial charge in [0.15, 0.2) is 0 Å². The maximum absolute atomic E-state index is 10.8. The Morgan fingerprint density at radius 1 is 1.50 bits per heavy atom. The van der Waals surface area contributed by atoms with E-state index in [1.807, 2.05) is 0 Å². The molecule has 2 atom stereocenters. The lowest BCUT2D eigenvalue weighted by Gasteiger charge is -2.24. The van der Waals surface area contributed by atoms with Crippen LogP contribution in [0, 0.1) is 11.8 Å². The van der Waals surface area contributed by atoms with Gasteiger partial charge in [0.05, 0.1) is 0 Å². The van der Waals surface area contributed by atoms with Crippen LogP contribution in [0.15, 0.2) is 12.2 Å². The summed E-state index contributed by atoms with van der Waals surface area (Å²) in [6, 6.07) is 0. The van der Waals surface area contributed by atoms with E-state index in [1.54, 1.807) is 0 Å². The van der Waals surface area contributed by atoms with Crippen LogP contribution in [-0.2, 0) is 9.53 Å². The van der Waals surface area contributed by atoms with E-state index in [2.05, 4.69) is 24.5 Å². The fraction of sp³-hybridized carbons (Fsp3) is 0.750. The van der Waals surface area contributed by atoms with Gasteiger partial charge in [0.25, 0.3) is 0 Å². The summed E-state index contributed by atoms with van der Waals surface area (Å²) in [4.78, 5) is 10.8. The largest absolute Gasteiger partial charge is 0.381 e. The Bertz CT molecular complexity index is 241. The highest BCUT2D eigenvalue weighted by Gasteiger charge is 2.17. The number of rotatable bonds is 6. The van der Waals surface area contributed by atoms with Crippen molar-refractivity contribution in [2.75, 3.05) is 13.2 Å². The summed E-state index contributed by atoms with van der Waals surface area (Å²) in [6.07, 6.45) is 7.92. The Morgan fingerprint density at radius 3 is 2.94 bits per heavy atom. The number of ether oxygens (including phenoxy) is 1. The van der Waals surface area contributed by atoms with E-state index in [-0.39, 0.29) is 5.91 Å². The van der Waals surface area contributed by atoms with Gasteiger partial charge in [0.2, 0.25) is 5.91 Å². The topological polar surface area (TPSA) is 64.3 Å². The third-order valence-electron chi connectivity index (χ3n) is 3.10. The van der Waals surface area contributed by atoms with Crippen LogP contribution in [0.3, 0.4) is 0 Å². The molecule has 4 nitrogen and oxygen atoms in total. The number of hydrogen-bond donors (Lipinski definition) is 2. The Hall–Kier alpha value is -0.870. The van der Waals surface area contributed by atoms with Gasteiger partial charge >= 0.3 is 0 Å². The van der Waals surface area contributed by atoms with Crippen LogP contribution in [0.2, 0.25) is 0 Å². The van der Waals surface area contributed by atoms with Crippen molar-refractivity contribution in [1.29, 1.82) is 0 Å². The summed E-state index contributed by atoms with van der Waals surface area (Å²) in [6.45, 7) is 3.70. The molecule has 0 aromatic heterocycles. The van der Waals surface area contributed by atoms with Crippen molar-refractivity contribution in [2.45, 2.75) is 32.6 Å². The van der Waals surface area contributed by atoms with E-state index < -0.39 is 0 Å². The van der Waals surface area contributed by atoms with Crippen molar-refractivity contribution in [2.24, 2.45) is 17.7 Å². The molecular formula is C12H22N2O2. The first-order chi connectivity index (χ1) is 7.74. The van der Waals surface area contributed by atoms with E-state index in [9.17, 15) is 4.79 Å². The SMILES string of the molecule is CC1CC=CCC1COCCCC(=O)NN. The summed E-state index contributed by atoms with van der Waals surface area (Å²) in [7, 11) is 0. The van der Waals surface area contributed by atoms with Crippen molar-refractivity contribution in [3.05, 3.63) is 12.2 Å². The number of amides is 1. The average Bonchev–Trinajstić information content (AvgIpc) is 2.30. The molecular weight excluding hydrogens is 204 g/mol. The first-order valence-electron chi connectivity index (χ1n) is 5.96. The number of carbonyl (C=O) groups excluding carboxylic acids is 1. The Balaban J connectivity index is 2.02. The molecule has 16 heavy (non-hydrogen) atoms. The number of nitrogens with one attached hydrogen (secondary N) is 1. The average molecular weight is 226 g/mol. The highest BCUT2D eigenvalue weighted by molar-refractivity contribution is 5.75. The molecule has 0 heterocycles. The van der Waals surface area contributed by atoms with Gasteiger partial charge in [-0.15, -0.1) is 0 Å². The van der Waals surface area contributed by atoms with Gasteiger partial charge in [-0.2, -0.15) is 0 Å². The maximum atomic E-state index is 10.8. The minimum atomic E-state index is -0.127. The van der Waals surface area contributed by atoms with Gasteiger partial charge in [-0.25, -0.2) is 5.84 Å². The second-order valence-corrected chi connectivity index (χ2v) is 4.43. The van der Waals surface area contributed by atoms with E-state index in [0.29, 0.717) is 24.9 Å². The van der Waals surface area contributed by atoms with Crippen molar-refractivity contribution < 1.29 is 9.53 Å². The monoisotopic (exact) mass is 226 g/mol. The molecule has 0 fully saturated rings. The lowest BCUT2D eigenvalue weighted by atomic mass is 9.85.